The summed E-state index contributed by atoms with van der Waals surface area (Å²) in [6.45, 7) is 0. The molecule has 0 aliphatic carbocycles. The molecule has 0 amide bonds. The number of alkyl halides is 14. The second kappa shape index (κ2) is 5.88. The largest absolute Gasteiger partial charge is 0.605 e. The number of halogens is 14. The molecule has 0 fully saturated rings. The molecule has 140 valence electrons. The second-order valence-corrected chi connectivity index (χ2v) is 5.62. The van der Waals surface area contributed by atoms with Crippen molar-refractivity contribution < 1.29 is 74.7 Å². The average Bonchev–Trinajstić information content (AvgIpc) is 2.05. The molecule has 0 aromatic carbocycles. The third kappa shape index (κ3) is 6.26. The molecule has 0 aliphatic heterocycles. The summed E-state index contributed by atoms with van der Waals surface area (Å²) in [4.78, 5) is 0. The summed E-state index contributed by atoms with van der Waals surface area (Å²) in [7, 11) is -8.90. The van der Waals surface area contributed by atoms with Gasteiger partial charge in [0.15, 0.2) is 0 Å². The molecule has 0 saturated heterocycles. The highest BCUT2D eigenvalue weighted by Crippen LogP contribution is 2.49. The van der Waals surface area contributed by atoms with Gasteiger partial charge in [0, 0.05) is 0 Å². The molecule has 0 unspecified atom stereocenters. The van der Waals surface area contributed by atoms with E-state index in [0.717, 1.165) is 0 Å². The fraction of sp³-hybridized carbons (Fsp3) is 1.00. The van der Waals surface area contributed by atoms with Gasteiger partial charge in [-0.1, -0.05) is 0 Å². The minimum Gasteiger partial charge on any atom is -0.280 e. The van der Waals surface area contributed by atoms with E-state index in [-0.39, 0.29) is 0 Å². The quantitative estimate of drug-likeness (QED) is 0.520. The Bertz CT molecular complexity index is 362. The molecule has 0 aliphatic rings. The van der Waals surface area contributed by atoms with Gasteiger partial charge < -0.3 is 0 Å². The molecule has 23 heavy (non-hydrogen) atoms. The zero-order valence-electron chi connectivity index (χ0n) is 9.52. The van der Waals surface area contributed by atoms with Crippen molar-refractivity contribution in [2.24, 2.45) is 0 Å². The van der Waals surface area contributed by atoms with Crippen molar-refractivity contribution >= 4 is 8.80 Å². The molecule has 0 spiro atoms. The molecule has 0 N–H and O–H groups in total. The van der Waals surface area contributed by atoms with Gasteiger partial charge in [-0.2, -0.15) is 22.0 Å². The summed E-state index contributed by atoms with van der Waals surface area (Å²) in [6, 6.07) is 0. The number of hydrogen-bond donors (Lipinski definition) is 0. The van der Waals surface area contributed by atoms with Crippen molar-refractivity contribution in [3.63, 3.8) is 0 Å². The van der Waals surface area contributed by atoms with Gasteiger partial charge in [0.1, 0.15) is 0 Å². The maximum absolute atomic E-state index is 12.9. The molecule has 18 heteroatoms. The van der Waals surface area contributed by atoms with Crippen LogP contribution >= 0.6 is 0 Å². The van der Waals surface area contributed by atoms with Gasteiger partial charge >= 0.3 is 39.6 Å². The first-order valence-electron chi connectivity index (χ1n) is 4.37. The fourth-order valence-electron chi connectivity index (χ4n) is 0.885. The van der Waals surface area contributed by atoms with Crippen LogP contribution in [-0.4, -0.2) is 39.6 Å². The highest BCUT2D eigenvalue weighted by atomic mass is 28.4. The van der Waals surface area contributed by atoms with Crippen LogP contribution in [0.4, 0.5) is 61.5 Å². The van der Waals surface area contributed by atoms with Gasteiger partial charge in [0.05, 0.1) is 0 Å². The summed E-state index contributed by atoms with van der Waals surface area (Å²) < 4.78 is 174. The first kappa shape index (κ1) is 22.1. The van der Waals surface area contributed by atoms with Crippen molar-refractivity contribution in [1.82, 2.24) is 0 Å². The summed E-state index contributed by atoms with van der Waals surface area (Å²) in [5.74, 6) is 0. The lowest BCUT2D eigenvalue weighted by atomic mass is 10.7. The first-order valence-corrected chi connectivity index (χ1v) is 6.10. The normalized spacial score (nSPS) is 15.9. The zero-order valence-corrected chi connectivity index (χ0v) is 10.5. The first-order chi connectivity index (χ1) is 9.62. The van der Waals surface area contributed by atoms with Crippen LogP contribution in [0.25, 0.3) is 0 Å². The smallest absolute Gasteiger partial charge is 0.280 e. The number of hydrogen-bond acceptors (Lipinski definition) is 3. The van der Waals surface area contributed by atoms with E-state index in [2.05, 4.69) is 0 Å². The summed E-state index contributed by atoms with van der Waals surface area (Å²) >= 11 is 0. The van der Waals surface area contributed by atoms with Crippen LogP contribution in [0.5, 0.6) is 0 Å². The molecule has 0 aromatic heterocycles. The molecular formula is C5F14O3Si. The third-order valence-corrected chi connectivity index (χ3v) is 4.04. The van der Waals surface area contributed by atoms with Gasteiger partial charge in [0.2, 0.25) is 0 Å². The molecular weight excluding hydrogens is 402 g/mol. The standard InChI is InChI=1S/C5F14O3Si/c6-1(7,8)2(9,10)23(20-3(11,12)13,21-4(14,15)16)22-5(17,18)19. The predicted octanol–water partition coefficient (Wildman–Crippen LogP) is 4.27. The maximum Gasteiger partial charge on any atom is 0.605 e. The van der Waals surface area contributed by atoms with Crippen molar-refractivity contribution in [3.8, 4) is 0 Å². The molecule has 0 radical (unpaired) electrons. The Morgan fingerprint density at radius 2 is 0.652 bits per heavy atom. The lowest BCUT2D eigenvalue weighted by Crippen LogP contribution is -2.71. The Balaban J connectivity index is 6.36. The Labute approximate surface area is 116 Å². The van der Waals surface area contributed by atoms with E-state index in [4.69, 9.17) is 0 Å². The molecule has 0 heterocycles. The van der Waals surface area contributed by atoms with Gasteiger partial charge in [0.25, 0.3) is 0 Å². The Kier molecular flexibility index (Phi) is 5.66. The van der Waals surface area contributed by atoms with E-state index < -0.39 is 39.6 Å². The van der Waals surface area contributed by atoms with E-state index in [0.29, 0.717) is 0 Å². The Morgan fingerprint density at radius 3 is 0.783 bits per heavy atom. The number of rotatable bonds is 4. The van der Waals surface area contributed by atoms with Crippen molar-refractivity contribution in [3.05, 3.63) is 0 Å². The van der Waals surface area contributed by atoms with Gasteiger partial charge in [-0.25, -0.2) is 0 Å². The molecule has 3 nitrogen and oxygen atoms in total. The molecule has 0 bridgehead atoms. The lowest BCUT2D eigenvalue weighted by Gasteiger charge is -2.36. The summed E-state index contributed by atoms with van der Waals surface area (Å²) in [6.07, 6.45) is -27.8. The Morgan fingerprint density at radius 1 is 0.435 bits per heavy atom. The van der Waals surface area contributed by atoms with E-state index >= 15 is 0 Å². The molecule has 0 saturated carbocycles. The van der Waals surface area contributed by atoms with Gasteiger partial charge in [-0.3, -0.25) is 13.3 Å². The SMILES string of the molecule is FC(F)(F)O[Si](OC(F)(F)F)(OC(F)(F)F)C(F)(F)C(F)(F)F. The Hall–Kier alpha value is -0.883. The highest BCUT2D eigenvalue weighted by molar-refractivity contribution is 6.64. The van der Waals surface area contributed by atoms with Crippen LogP contribution in [0.15, 0.2) is 0 Å². The molecule has 0 rings (SSSR count). The highest BCUT2D eigenvalue weighted by Gasteiger charge is 2.85. The molecule has 0 aromatic rings. The van der Waals surface area contributed by atoms with Crippen LogP contribution in [0.1, 0.15) is 0 Å². The van der Waals surface area contributed by atoms with Gasteiger partial charge in [-0.15, -0.1) is 39.5 Å². The van der Waals surface area contributed by atoms with E-state index in [1.54, 1.807) is 13.3 Å². The van der Waals surface area contributed by atoms with Crippen molar-refractivity contribution in [2.75, 3.05) is 0 Å². The molecule has 0 atom stereocenters. The van der Waals surface area contributed by atoms with Crippen molar-refractivity contribution in [2.45, 2.75) is 30.8 Å². The topological polar surface area (TPSA) is 27.7 Å². The van der Waals surface area contributed by atoms with Gasteiger partial charge in [-0.05, 0) is 0 Å². The summed E-state index contributed by atoms with van der Waals surface area (Å²) in [5.41, 5.74) is -7.42. The average molecular weight is 402 g/mol. The van der Waals surface area contributed by atoms with E-state index in [1.165, 1.54) is 0 Å². The van der Waals surface area contributed by atoms with Crippen LogP contribution in [-0.2, 0) is 13.3 Å². The zero-order chi connectivity index (χ0) is 19.1. The van der Waals surface area contributed by atoms with Crippen LogP contribution in [0.2, 0.25) is 0 Å². The monoisotopic (exact) mass is 402 g/mol. The van der Waals surface area contributed by atoms with Crippen LogP contribution in [0.3, 0.4) is 0 Å². The van der Waals surface area contributed by atoms with Crippen LogP contribution in [0, 0.1) is 0 Å². The summed E-state index contributed by atoms with van der Waals surface area (Å²) in [5, 5.41) is 0. The van der Waals surface area contributed by atoms with Crippen molar-refractivity contribution in [1.29, 1.82) is 0 Å². The fourth-order valence-corrected chi connectivity index (χ4v) is 2.66. The third-order valence-electron chi connectivity index (χ3n) is 1.49. The minimum atomic E-state index is -8.90. The second-order valence-electron chi connectivity index (χ2n) is 3.27. The maximum atomic E-state index is 12.9. The minimum absolute atomic E-state index is 1.75. The predicted molar refractivity (Wildman–Crippen MR) is 38.2 cm³/mol. The van der Waals surface area contributed by atoms with E-state index in [9.17, 15) is 61.5 Å². The lowest BCUT2D eigenvalue weighted by molar-refractivity contribution is -0.391. The van der Waals surface area contributed by atoms with Crippen LogP contribution < -0.4 is 0 Å². The van der Waals surface area contributed by atoms with E-state index in [1.807, 2.05) is 0 Å².